The van der Waals surface area contributed by atoms with Crippen molar-refractivity contribution in [3.05, 3.63) is 55.6 Å². The van der Waals surface area contributed by atoms with E-state index in [9.17, 15) is 29.8 Å². The highest BCUT2D eigenvalue weighted by Gasteiger charge is 2.54. The molecule has 1 aliphatic heterocycles. The smallest absolute Gasteiger partial charge is 0.319 e. The van der Waals surface area contributed by atoms with Crippen molar-refractivity contribution >= 4 is 11.9 Å². The number of fused-ring (bicyclic) bond motifs is 1. The zero-order valence-electron chi connectivity index (χ0n) is 10.7. The number of rotatable bonds is 3. The van der Waals surface area contributed by atoms with Crippen molar-refractivity contribution in [1.29, 1.82) is 0 Å². The molecular formula is C11H9N3O7. The minimum Gasteiger partial charge on any atom is -0.427 e. The Labute approximate surface area is 117 Å². The highest BCUT2D eigenvalue weighted by atomic mass is 16.7. The minimum atomic E-state index is -1.94. The Balaban J connectivity index is 2.64. The lowest BCUT2D eigenvalue weighted by molar-refractivity contribution is -0.672. The maximum atomic E-state index is 12.1. The van der Waals surface area contributed by atoms with Gasteiger partial charge >= 0.3 is 18.1 Å². The summed E-state index contributed by atoms with van der Waals surface area (Å²) in [4.78, 5) is 44.6. The number of ether oxygens (including phenoxy) is 1. The van der Waals surface area contributed by atoms with Crippen molar-refractivity contribution in [1.82, 2.24) is 5.01 Å². The molecule has 0 N–H and O–H groups in total. The molecule has 0 bridgehead atoms. The minimum absolute atomic E-state index is 0.0306. The van der Waals surface area contributed by atoms with Crippen LogP contribution in [0.25, 0.3) is 0 Å². The predicted octanol–water partition coefficient (Wildman–Crippen LogP) is 0.541. The number of hydrogen-bond acceptors (Lipinski definition) is 7. The lowest BCUT2D eigenvalue weighted by Gasteiger charge is -2.29. The van der Waals surface area contributed by atoms with E-state index in [1.54, 1.807) is 0 Å². The molecule has 0 aliphatic carbocycles. The quantitative estimate of drug-likeness (QED) is 0.451. The van der Waals surface area contributed by atoms with Crippen molar-refractivity contribution < 1.29 is 24.3 Å². The number of carbonyl (C=O) groups excluding carboxylic acids is 2. The summed E-state index contributed by atoms with van der Waals surface area (Å²) in [6.07, 6.45) is -1.94. The van der Waals surface area contributed by atoms with Crippen LogP contribution in [0, 0.1) is 20.2 Å². The molecule has 10 heteroatoms. The van der Waals surface area contributed by atoms with Gasteiger partial charge in [-0.05, 0) is 11.1 Å². The van der Waals surface area contributed by atoms with Crippen LogP contribution in [0.1, 0.15) is 28.9 Å². The van der Waals surface area contributed by atoms with Crippen LogP contribution in [-0.4, -0.2) is 33.1 Å². The first-order valence-electron chi connectivity index (χ1n) is 5.72. The second kappa shape index (κ2) is 5.15. The monoisotopic (exact) mass is 295 g/mol. The lowest BCUT2D eigenvalue weighted by Crippen LogP contribution is -2.54. The van der Waals surface area contributed by atoms with Crippen LogP contribution < -0.4 is 0 Å². The molecule has 0 fully saturated rings. The average molecular weight is 295 g/mol. The lowest BCUT2D eigenvalue weighted by atomic mass is 9.94. The van der Waals surface area contributed by atoms with E-state index in [2.05, 4.69) is 4.74 Å². The molecule has 0 saturated carbocycles. The number of nitrogens with zero attached hydrogens (tertiary/aromatic N) is 3. The molecule has 0 saturated heterocycles. The van der Waals surface area contributed by atoms with Gasteiger partial charge in [0, 0.05) is 17.4 Å². The Bertz CT molecular complexity index is 644. The van der Waals surface area contributed by atoms with Gasteiger partial charge in [0.05, 0.1) is 5.56 Å². The summed E-state index contributed by atoms with van der Waals surface area (Å²) in [5.41, 5.74) is -0.198. The summed E-state index contributed by atoms with van der Waals surface area (Å²) in [6.45, 7) is 0.945. The highest BCUT2D eigenvalue weighted by molar-refractivity contribution is 5.96. The first kappa shape index (κ1) is 14.4. The van der Waals surface area contributed by atoms with Gasteiger partial charge in [-0.1, -0.05) is 18.2 Å². The molecule has 2 unspecified atom stereocenters. The molecule has 1 heterocycles. The van der Waals surface area contributed by atoms with E-state index < -0.39 is 34.1 Å². The summed E-state index contributed by atoms with van der Waals surface area (Å²) >= 11 is 0. The van der Waals surface area contributed by atoms with Gasteiger partial charge in [-0.2, -0.15) is 0 Å². The van der Waals surface area contributed by atoms with Gasteiger partial charge in [-0.25, -0.2) is 10.1 Å². The van der Waals surface area contributed by atoms with Crippen LogP contribution in [0.5, 0.6) is 0 Å². The Hall–Kier alpha value is -3.04. The fourth-order valence-electron chi connectivity index (χ4n) is 2.15. The SMILES string of the molecule is CC(=O)OC1C([N+](=O)[O-])c2ccccc2C(=O)N1[N+](=O)[O-]. The number of benzene rings is 1. The largest absolute Gasteiger partial charge is 0.427 e. The zero-order valence-corrected chi connectivity index (χ0v) is 10.7. The van der Waals surface area contributed by atoms with E-state index in [0.29, 0.717) is 0 Å². The van der Waals surface area contributed by atoms with Gasteiger partial charge in [-0.15, -0.1) is 0 Å². The third-order valence-electron chi connectivity index (χ3n) is 2.92. The van der Waals surface area contributed by atoms with Crippen LogP contribution in [0.15, 0.2) is 24.3 Å². The molecule has 2 rings (SSSR count). The fraction of sp³-hybridized carbons (Fsp3) is 0.273. The van der Waals surface area contributed by atoms with Gasteiger partial charge < -0.3 is 4.74 Å². The molecule has 21 heavy (non-hydrogen) atoms. The summed E-state index contributed by atoms with van der Waals surface area (Å²) in [5.74, 6) is -2.04. The maximum absolute atomic E-state index is 12.1. The van der Waals surface area contributed by atoms with E-state index in [4.69, 9.17) is 0 Å². The molecule has 1 amide bonds. The Morgan fingerprint density at radius 3 is 2.43 bits per heavy atom. The van der Waals surface area contributed by atoms with Crippen LogP contribution >= 0.6 is 0 Å². The molecule has 1 aromatic rings. The summed E-state index contributed by atoms with van der Waals surface area (Å²) in [7, 11) is 0. The van der Waals surface area contributed by atoms with Crippen LogP contribution in [0.3, 0.4) is 0 Å². The second-order valence-electron chi connectivity index (χ2n) is 4.20. The molecule has 0 spiro atoms. The van der Waals surface area contributed by atoms with E-state index >= 15 is 0 Å². The molecule has 2 atom stereocenters. The molecule has 110 valence electrons. The normalized spacial score (nSPS) is 20.6. The Morgan fingerprint density at radius 1 is 1.29 bits per heavy atom. The third-order valence-corrected chi connectivity index (χ3v) is 2.92. The topological polar surface area (TPSA) is 133 Å². The van der Waals surface area contributed by atoms with E-state index in [1.807, 2.05) is 0 Å². The summed E-state index contributed by atoms with van der Waals surface area (Å²) in [6, 6.07) is 3.70. The van der Waals surface area contributed by atoms with Crippen LogP contribution in [-0.2, 0) is 9.53 Å². The number of hydrogen-bond donors (Lipinski definition) is 0. The van der Waals surface area contributed by atoms with Gasteiger partial charge in [0.25, 0.3) is 6.04 Å². The fourth-order valence-corrected chi connectivity index (χ4v) is 2.15. The molecular weight excluding hydrogens is 286 g/mol. The first-order valence-corrected chi connectivity index (χ1v) is 5.72. The summed E-state index contributed by atoms with van der Waals surface area (Å²) < 4.78 is 4.65. The Kier molecular flexibility index (Phi) is 3.52. The molecule has 10 nitrogen and oxygen atoms in total. The first-order chi connectivity index (χ1) is 9.84. The van der Waals surface area contributed by atoms with Crippen molar-refractivity contribution in [2.75, 3.05) is 0 Å². The highest BCUT2D eigenvalue weighted by Crippen LogP contribution is 2.34. The van der Waals surface area contributed by atoms with E-state index in [1.165, 1.54) is 24.3 Å². The predicted molar refractivity (Wildman–Crippen MR) is 64.9 cm³/mol. The van der Waals surface area contributed by atoms with Gasteiger partial charge in [0.15, 0.2) is 5.03 Å². The van der Waals surface area contributed by atoms with Crippen LogP contribution in [0.2, 0.25) is 0 Å². The molecule has 0 radical (unpaired) electrons. The van der Waals surface area contributed by atoms with Crippen molar-refractivity contribution in [3.63, 3.8) is 0 Å². The number of nitro groups is 2. The molecule has 1 aliphatic rings. The average Bonchev–Trinajstić information content (AvgIpc) is 2.37. The maximum Gasteiger partial charge on any atom is 0.319 e. The molecule has 0 aromatic heterocycles. The van der Waals surface area contributed by atoms with E-state index in [-0.39, 0.29) is 16.1 Å². The van der Waals surface area contributed by atoms with Gasteiger partial charge in [0.2, 0.25) is 0 Å². The number of hydrazine groups is 1. The summed E-state index contributed by atoms with van der Waals surface area (Å²) in [5, 5.41) is 21.1. The van der Waals surface area contributed by atoms with Crippen molar-refractivity contribution in [3.8, 4) is 0 Å². The van der Waals surface area contributed by atoms with Crippen molar-refractivity contribution in [2.45, 2.75) is 19.2 Å². The number of esters is 1. The van der Waals surface area contributed by atoms with Crippen molar-refractivity contribution in [2.24, 2.45) is 0 Å². The zero-order chi connectivity index (χ0) is 15.7. The number of carbonyl (C=O) groups is 2. The number of amides is 1. The van der Waals surface area contributed by atoms with Crippen LogP contribution in [0.4, 0.5) is 0 Å². The van der Waals surface area contributed by atoms with Gasteiger partial charge in [0.1, 0.15) is 0 Å². The van der Waals surface area contributed by atoms with Gasteiger partial charge in [-0.3, -0.25) is 19.7 Å². The third kappa shape index (κ3) is 2.38. The Morgan fingerprint density at radius 2 is 1.90 bits per heavy atom. The second-order valence-corrected chi connectivity index (χ2v) is 4.20. The van der Waals surface area contributed by atoms with E-state index in [0.717, 1.165) is 6.92 Å². The molecule has 1 aromatic carbocycles. The standard InChI is InChI=1S/C11H9N3O7/c1-6(15)21-11-9(13(17)18)7-4-2-3-5-8(7)10(16)12(11)14(19)20/h2-5,9,11H,1H3.